The predicted molar refractivity (Wildman–Crippen MR) is 68.4 cm³/mol. The van der Waals surface area contributed by atoms with E-state index >= 15 is 0 Å². The molecule has 106 valence electrons. The van der Waals surface area contributed by atoms with Gasteiger partial charge < -0.3 is 5.11 Å². The number of hydrogen-bond acceptors (Lipinski definition) is 5. The van der Waals surface area contributed by atoms with Crippen molar-refractivity contribution >= 4 is 25.6 Å². The van der Waals surface area contributed by atoms with E-state index in [0.29, 0.717) is 0 Å². The first-order valence-electron chi connectivity index (χ1n) is 5.30. The Hall–Kier alpha value is -1.41. The van der Waals surface area contributed by atoms with Crippen LogP contribution < -0.4 is 0 Å². The summed E-state index contributed by atoms with van der Waals surface area (Å²) < 4.78 is 46.3. The van der Waals surface area contributed by atoms with E-state index in [1.165, 1.54) is 31.2 Å². The molecule has 0 radical (unpaired) electrons. The molecule has 0 spiro atoms. The molecule has 0 heterocycles. The van der Waals surface area contributed by atoms with Crippen LogP contribution in [-0.2, 0) is 24.5 Å². The van der Waals surface area contributed by atoms with E-state index in [2.05, 4.69) is 0 Å². The zero-order valence-electron chi connectivity index (χ0n) is 10.4. The Kier molecular flexibility index (Phi) is 4.36. The predicted octanol–water partition coefficient (Wildman–Crippen LogP) is 0.585. The minimum absolute atomic E-state index is 0.0118. The lowest BCUT2D eigenvalue weighted by Gasteiger charge is -2.08. The lowest BCUT2D eigenvalue weighted by molar-refractivity contribution is -0.140. The first kappa shape index (κ1) is 15.6. The molecule has 1 N–H and O–H groups in total. The zero-order chi connectivity index (χ0) is 14.8. The molecule has 1 atom stereocenters. The minimum Gasteiger partial charge on any atom is -0.481 e. The monoisotopic (exact) mass is 306 g/mol. The highest BCUT2D eigenvalue weighted by atomic mass is 32.2. The maximum absolute atomic E-state index is 11.9. The lowest BCUT2D eigenvalue weighted by atomic mass is 10.2. The Balaban J connectivity index is 3.07. The van der Waals surface area contributed by atoms with Crippen molar-refractivity contribution in [1.82, 2.24) is 0 Å². The highest BCUT2D eigenvalue weighted by Crippen LogP contribution is 2.17. The number of sulfone groups is 2. The third kappa shape index (κ3) is 4.03. The van der Waals surface area contributed by atoms with E-state index in [1.54, 1.807) is 0 Å². The third-order valence-corrected chi connectivity index (χ3v) is 5.56. The van der Waals surface area contributed by atoms with Crippen LogP contribution in [0.1, 0.15) is 6.92 Å². The average molecular weight is 306 g/mol. The number of hydrogen-bond donors (Lipinski definition) is 1. The van der Waals surface area contributed by atoms with Gasteiger partial charge in [0, 0.05) is 6.26 Å². The van der Waals surface area contributed by atoms with Gasteiger partial charge in [0.1, 0.15) is 0 Å². The molecule has 6 nitrogen and oxygen atoms in total. The molecule has 0 aliphatic carbocycles. The Morgan fingerprint density at radius 3 is 1.89 bits per heavy atom. The summed E-state index contributed by atoms with van der Waals surface area (Å²) in [5.41, 5.74) is 0. The summed E-state index contributed by atoms with van der Waals surface area (Å²) in [6.45, 7) is 1.30. The van der Waals surface area contributed by atoms with Gasteiger partial charge in [-0.1, -0.05) is 6.92 Å². The second-order valence-electron chi connectivity index (χ2n) is 4.26. The van der Waals surface area contributed by atoms with E-state index in [4.69, 9.17) is 5.11 Å². The van der Waals surface area contributed by atoms with Gasteiger partial charge in [-0.15, -0.1) is 0 Å². The van der Waals surface area contributed by atoms with Gasteiger partial charge in [0.05, 0.1) is 21.5 Å². The minimum atomic E-state index is -3.74. The van der Waals surface area contributed by atoms with Crippen LogP contribution >= 0.6 is 0 Å². The quantitative estimate of drug-likeness (QED) is 0.853. The zero-order valence-corrected chi connectivity index (χ0v) is 12.0. The molecule has 0 bridgehead atoms. The standard InChI is InChI=1S/C11H14O6S2/c1-8(11(12)13)7-19(16,17)10-5-3-9(4-6-10)18(2,14)15/h3-6,8H,7H2,1-2H3,(H,12,13). The topological polar surface area (TPSA) is 106 Å². The number of carboxylic acids is 1. The van der Waals surface area contributed by atoms with Gasteiger partial charge in [-0.25, -0.2) is 16.8 Å². The van der Waals surface area contributed by atoms with Gasteiger partial charge >= 0.3 is 5.97 Å². The number of benzene rings is 1. The smallest absolute Gasteiger partial charge is 0.307 e. The molecule has 1 unspecified atom stereocenters. The Morgan fingerprint density at radius 1 is 1.11 bits per heavy atom. The number of carbonyl (C=O) groups is 1. The molecule has 0 fully saturated rings. The van der Waals surface area contributed by atoms with Crippen LogP contribution in [0.25, 0.3) is 0 Å². The summed E-state index contributed by atoms with van der Waals surface area (Å²) in [5, 5.41) is 8.70. The van der Waals surface area contributed by atoms with Gasteiger partial charge in [-0.2, -0.15) is 0 Å². The van der Waals surface area contributed by atoms with Gasteiger partial charge in [0.25, 0.3) is 0 Å². The first-order valence-corrected chi connectivity index (χ1v) is 8.84. The maximum Gasteiger partial charge on any atom is 0.307 e. The molecule has 1 aromatic rings. The van der Waals surface area contributed by atoms with Crippen LogP contribution in [0.15, 0.2) is 34.1 Å². The van der Waals surface area contributed by atoms with Crippen molar-refractivity contribution in [1.29, 1.82) is 0 Å². The number of aliphatic carboxylic acids is 1. The maximum atomic E-state index is 11.9. The molecule has 0 saturated carbocycles. The fourth-order valence-electron chi connectivity index (χ4n) is 1.39. The molecule has 1 rings (SSSR count). The van der Waals surface area contributed by atoms with E-state index in [9.17, 15) is 21.6 Å². The normalized spacial score (nSPS) is 14.0. The van der Waals surface area contributed by atoms with Gasteiger partial charge in [0.15, 0.2) is 19.7 Å². The molecule has 0 aliphatic rings. The largest absolute Gasteiger partial charge is 0.481 e. The summed E-state index contributed by atoms with van der Waals surface area (Å²) in [6, 6.07) is 4.71. The van der Waals surface area contributed by atoms with Crippen molar-refractivity contribution < 1.29 is 26.7 Å². The summed E-state index contributed by atoms with van der Waals surface area (Å²) in [4.78, 5) is 10.6. The van der Waals surface area contributed by atoms with Crippen molar-refractivity contribution in [2.45, 2.75) is 16.7 Å². The van der Waals surface area contributed by atoms with Crippen molar-refractivity contribution in [2.24, 2.45) is 5.92 Å². The van der Waals surface area contributed by atoms with E-state index < -0.39 is 37.3 Å². The number of rotatable bonds is 5. The van der Waals surface area contributed by atoms with Gasteiger partial charge in [-0.3, -0.25) is 4.79 Å². The van der Waals surface area contributed by atoms with E-state index in [-0.39, 0.29) is 9.79 Å². The summed E-state index contributed by atoms with van der Waals surface area (Å²) in [7, 11) is -7.13. The highest BCUT2D eigenvalue weighted by molar-refractivity contribution is 7.91. The summed E-state index contributed by atoms with van der Waals surface area (Å²) in [5.74, 6) is -2.75. The van der Waals surface area contributed by atoms with Crippen molar-refractivity contribution in [3.8, 4) is 0 Å². The Bertz CT molecular complexity index is 670. The molecule has 0 aromatic heterocycles. The molecular formula is C11H14O6S2. The van der Waals surface area contributed by atoms with E-state index in [0.717, 1.165) is 6.26 Å². The SMILES string of the molecule is CC(CS(=O)(=O)c1ccc(S(C)(=O)=O)cc1)C(=O)O. The average Bonchev–Trinajstić information content (AvgIpc) is 2.27. The molecule has 0 aliphatic heterocycles. The molecule has 0 amide bonds. The van der Waals surface area contributed by atoms with Crippen molar-refractivity contribution in [3.63, 3.8) is 0 Å². The van der Waals surface area contributed by atoms with Crippen LogP contribution in [0.3, 0.4) is 0 Å². The lowest BCUT2D eigenvalue weighted by Crippen LogP contribution is -2.21. The highest BCUT2D eigenvalue weighted by Gasteiger charge is 2.23. The Labute approximate surface area is 111 Å². The van der Waals surface area contributed by atoms with Gasteiger partial charge in [-0.05, 0) is 24.3 Å². The fraction of sp³-hybridized carbons (Fsp3) is 0.364. The molecule has 0 saturated heterocycles. The second kappa shape index (κ2) is 5.30. The van der Waals surface area contributed by atoms with Crippen LogP contribution in [0.2, 0.25) is 0 Å². The third-order valence-electron chi connectivity index (χ3n) is 2.50. The molecule has 1 aromatic carbocycles. The molecular weight excluding hydrogens is 292 g/mol. The molecule has 19 heavy (non-hydrogen) atoms. The van der Waals surface area contributed by atoms with Crippen LogP contribution in [0.5, 0.6) is 0 Å². The van der Waals surface area contributed by atoms with Crippen LogP contribution in [-0.4, -0.2) is 39.9 Å². The van der Waals surface area contributed by atoms with Crippen LogP contribution in [0.4, 0.5) is 0 Å². The van der Waals surface area contributed by atoms with Gasteiger partial charge in [0.2, 0.25) is 0 Å². The summed E-state index contributed by atoms with van der Waals surface area (Å²) in [6.07, 6.45) is 1.02. The first-order chi connectivity index (χ1) is 8.54. The summed E-state index contributed by atoms with van der Waals surface area (Å²) >= 11 is 0. The van der Waals surface area contributed by atoms with E-state index in [1.807, 2.05) is 0 Å². The van der Waals surface area contributed by atoms with Crippen molar-refractivity contribution in [2.75, 3.05) is 12.0 Å². The molecule has 8 heteroatoms. The fourth-order valence-corrected chi connectivity index (χ4v) is 3.57. The Morgan fingerprint density at radius 2 is 1.53 bits per heavy atom. The second-order valence-corrected chi connectivity index (χ2v) is 8.31. The number of carboxylic acid groups (broad SMARTS) is 1. The van der Waals surface area contributed by atoms with Crippen LogP contribution in [0, 0.1) is 5.92 Å². The van der Waals surface area contributed by atoms with Crippen molar-refractivity contribution in [3.05, 3.63) is 24.3 Å².